The minimum atomic E-state index is 0. The summed E-state index contributed by atoms with van der Waals surface area (Å²) in [6, 6.07) is 3.82. The molecule has 0 spiro atoms. The molecule has 0 atom stereocenters. The summed E-state index contributed by atoms with van der Waals surface area (Å²) in [7, 11) is 3.69. The van der Waals surface area contributed by atoms with Crippen molar-refractivity contribution in [3.8, 4) is 0 Å². The van der Waals surface area contributed by atoms with Gasteiger partial charge in [-0.15, -0.1) is 24.8 Å². The van der Waals surface area contributed by atoms with Crippen LogP contribution in [-0.4, -0.2) is 56.1 Å². The largest absolute Gasteiger partial charge is 0.357 e. The van der Waals surface area contributed by atoms with Crippen LogP contribution in [0.2, 0.25) is 0 Å². The predicted octanol–water partition coefficient (Wildman–Crippen LogP) is 1.82. The third kappa shape index (κ3) is 5.34. The molecular formula is C14H24Cl2N4O. The first-order valence-corrected chi connectivity index (χ1v) is 6.83. The molecule has 2 rings (SSSR count). The molecule has 1 N–H and O–H groups in total. The van der Waals surface area contributed by atoms with Crippen molar-refractivity contribution in [1.29, 1.82) is 0 Å². The highest BCUT2D eigenvalue weighted by atomic mass is 35.5. The number of aromatic nitrogens is 1. The van der Waals surface area contributed by atoms with Gasteiger partial charge in [0.2, 0.25) is 0 Å². The van der Waals surface area contributed by atoms with Crippen LogP contribution in [0.4, 0.5) is 5.82 Å². The molecule has 1 aliphatic rings. The maximum atomic E-state index is 12.1. The van der Waals surface area contributed by atoms with Gasteiger partial charge in [-0.05, 0) is 32.0 Å². The number of amides is 1. The second-order valence-corrected chi connectivity index (χ2v) is 4.93. The molecule has 0 aromatic carbocycles. The summed E-state index contributed by atoms with van der Waals surface area (Å²) in [5.74, 6) is 1.00. The lowest BCUT2D eigenvalue weighted by atomic mass is 10.2. The van der Waals surface area contributed by atoms with E-state index in [9.17, 15) is 4.79 Å². The molecule has 1 aromatic rings. The fraction of sp³-hybridized carbons (Fsp3) is 0.571. The lowest BCUT2D eigenvalue weighted by Crippen LogP contribution is -2.32. The van der Waals surface area contributed by atoms with Crippen LogP contribution in [0.5, 0.6) is 0 Å². The second kappa shape index (κ2) is 9.82. The van der Waals surface area contributed by atoms with E-state index in [0.29, 0.717) is 12.1 Å². The van der Waals surface area contributed by atoms with E-state index in [1.807, 2.05) is 26.2 Å². The van der Waals surface area contributed by atoms with E-state index < -0.39 is 0 Å². The van der Waals surface area contributed by atoms with Gasteiger partial charge < -0.3 is 15.1 Å². The predicted molar refractivity (Wildman–Crippen MR) is 91.1 cm³/mol. The number of anilines is 1. The summed E-state index contributed by atoms with van der Waals surface area (Å²) in [5.41, 5.74) is 0.654. The Hall–Kier alpha value is -1.04. The molecule has 1 saturated heterocycles. The number of hydrogen-bond acceptors (Lipinski definition) is 4. The molecule has 2 heterocycles. The van der Waals surface area contributed by atoms with Gasteiger partial charge in [0.25, 0.3) is 5.91 Å². The molecule has 1 aliphatic heterocycles. The van der Waals surface area contributed by atoms with Crippen molar-refractivity contribution < 1.29 is 4.79 Å². The zero-order valence-corrected chi connectivity index (χ0v) is 14.2. The van der Waals surface area contributed by atoms with Crippen molar-refractivity contribution in [3.63, 3.8) is 0 Å². The molecule has 7 heteroatoms. The normalized spacial score (nSPS) is 13.3. The van der Waals surface area contributed by atoms with Crippen LogP contribution in [-0.2, 0) is 0 Å². The molecule has 0 unspecified atom stereocenters. The van der Waals surface area contributed by atoms with Gasteiger partial charge in [-0.2, -0.15) is 0 Å². The van der Waals surface area contributed by atoms with Gasteiger partial charge in [0.1, 0.15) is 5.82 Å². The average Bonchev–Trinajstić information content (AvgIpc) is 2.98. The molecule has 120 valence electrons. The van der Waals surface area contributed by atoms with Crippen LogP contribution in [0, 0.1) is 0 Å². The summed E-state index contributed by atoms with van der Waals surface area (Å²) < 4.78 is 0. The standard InChI is InChI=1S/C14H22N4O.2ClH/c1-15-7-10-17(2)14(19)12-5-6-13(16-11-12)18-8-3-4-9-18;;/h5-6,11,15H,3-4,7-10H2,1-2H3;2*1H. The van der Waals surface area contributed by atoms with Crippen LogP contribution >= 0.6 is 24.8 Å². The highest BCUT2D eigenvalue weighted by Crippen LogP contribution is 2.17. The molecule has 0 aliphatic carbocycles. The SMILES string of the molecule is CNCCN(C)C(=O)c1ccc(N2CCCC2)nc1.Cl.Cl. The fourth-order valence-corrected chi connectivity index (χ4v) is 2.25. The van der Waals surface area contributed by atoms with Crippen LogP contribution in [0.1, 0.15) is 23.2 Å². The monoisotopic (exact) mass is 334 g/mol. The second-order valence-electron chi connectivity index (χ2n) is 4.93. The third-order valence-electron chi connectivity index (χ3n) is 3.47. The quantitative estimate of drug-likeness (QED) is 0.892. The third-order valence-corrected chi connectivity index (χ3v) is 3.47. The van der Waals surface area contributed by atoms with E-state index in [0.717, 1.165) is 25.5 Å². The maximum absolute atomic E-state index is 12.1. The van der Waals surface area contributed by atoms with Crippen LogP contribution in [0.25, 0.3) is 0 Å². The highest BCUT2D eigenvalue weighted by molar-refractivity contribution is 5.93. The molecule has 5 nitrogen and oxygen atoms in total. The van der Waals surface area contributed by atoms with Gasteiger partial charge in [0.15, 0.2) is 0 Å². The van der Waals surface area contributed by atoms with E-state index in [1.165, 1.54) is 12.8 Å². The highest BCUT2D eigenvalue weighted by Gasteiger charge is 2.15. The van der Waals surface area contributed by atoms with Crippen molar-refractivity contribution in [2.75, 3.05) is 45.2 Å². The number of rotatable bonds is 5. The lowest BCUT2D eigenvalue weighted by Gasteiger charge is -2.18. The molecule has 1 amide bonds. The molecule has 21 heavy (non-hydrogen) atoms. The number of nitrogens with zero attached hydrogens (tertiary/aromatic N) is 3. The Balaban J connectivity index is 0.00000200. The number of carbonyl (C=O) groups is 1. The zero-order chi connectivity index (χ0) is 13.7. The topological polar surface area (TPSA) is 48.5 Å². The van der Waals surface area contributed by atoms with Gasteiger partial charge in [-0.3, -0.25) is 4.79 Å². The number of nitrogens with one attached hydrogen (secondary N) is 1. The van der Waals surface area contributed by atoms with Crippen LogP contribution in [0.3, 0.4) is 0 Å². The summed E-state index contributed by atoms with van der Waals surface area (Å²) >= 11 is 0. The molecule has 0 bridgehead atoms. The maximum Gasteiger partial charge on any atom is 0.255 e. The van der Waals surface area contributed by atoms with Crippen molar-refractivity contribution in [2.24, 2.45) is 0 Å². The summed E-state index contributed by atoms with van der Waals surface area (Å²) in [6.07, 6.45) is 4.15. The van der Waals surface area contributed by atoms with Crippen molar-refractivity contribution >= 4 is 36.5 Å². The van der Waals surface area contributed by atoms with Gasteiger partial charge in [-0.1, -0.05) is 0 Å². The van der Waals surface area contributed by atoms with Gasteiger partial charge in [0.05, 0.1) is 5.56 Å². The van der Waals surface area contributed by atoms with E-state index >= 15 is 0 Å². The van der Waals surface area contributed by atoms with E-state index in [4.69, 9.17) is 0 Å². The summed E-state index contributed by atoms with van der Waals surface area (Å²) in [4.78, 5) is 20.5. The number of carbonyl (C=O) groups excluding carboxylic acids is 1. The van der Waals surface area contributed by atoms with Gasteiger partial charge in [0, 0.05) is 39.4 Å². The Morgan fingerprint density at radius 2 is 2.00 bits per heavy atom. The minimum absolute atomic E-state index is 0. The van der Waals surface area contributed by atoms with E-state index in [1.54, 1.807) is 11.1 Å². The smallest absolute Gasteiger partial charge is 0.255 e. The van der Waals surface area contributed by atoms with Crippen molar-refractivity contribution in [2.45, 2.75) is 12.8 Å². The first-order chi connectivity index (χ1) is 9.22. The molecule has 0 radical (unpaired) electrons. The van der Waals surface area contributed by atoms with Crippen molar-refractivity contribution in [3.05, 3.63) is 23.9 Å². The zero-order valence-electron chi connectivity index (χ0n) is 12.5. The van der Waals surface area contributed by atoms with Gasteiger partial charge >= 0.3 is 0 Å². The summed E-state index contributed by atoms with van der Waals surface area (Å²) in [6.45, 7) is 3.63. The Morgan fingerprint density at radius 1 is 1.33 bits per heavy atom. The van der Waals surface area contributed by atoms with Crippen LogP contribution < -0.4 is 10.2 Å². The first-order valence-electron chi connectivity index (χ1n) is 6.83. The van der Waals surface area contributed by atoms with Crippen molar-refractivity contribution in [1.82, 2.24) is 15.2 Å². The number of hydrogen-bond donors (Lipinski definition) is 1. The number of pyridine rings is 1. The molecule has 1 fully saturated rings. The summed E-state index contributed by atoms with van der Waals surface area (Å²) in [5, 5.41) is 3.03. The minimum Gasteiger partial charge on any atom is -0.357 e. The Labute approximate surface area is 138 Å². The van der Waals surface area contributed by atoms with E-state index in [2.05, 4.69) is 15.2 Å². The number of likely N-dealkylation sites (N-methyl/N-ethyl adjacent to an activating group) is 2. The van der Waals surface area contributed by atoms with E-state index in [-0.39, 0.29) is 30.7 Å². The molecule has 1 aromatic heterocycles. The number of halogens is 2. The van der Waals surface area contributed by atoms with Gasteiger partial charge in [-0.25, -0.2) is 4.98 Å². The lowest BCUT2D eigenvalue weighted by molar-refractivity contribution is 0.0796. The Morgan fingerprint density at radius 3 is 2.52 bits per heavy atom. The Kier molecular flexibility index (Phi) is 9.33. The first kappa shape index (κ1) is 20.0. The fourth-order valence-electron chi connectivity index (χ4n) is 2.25. The van der Waals surface area contributed by atoms with Crippen LogP contribution in [0.15, 0.2) is 18.3 Å². The molecular weight excluding hydrogens is 311 g/mol. The average molecular weight is 335 g/mol. The molecule has 0 saturated carbocycles. The Bertz CT molecular complexity index is 421.